The first kappa shape index (κ1) is 18.9. The molecule has 0 aliphatic carbocycles. The van der Waals surface area contributed by atoms with Crippen LogP contribution in [0.5, 0.6) is 11.5 Å². The molecule has 2 heterocycles. The highest BCUT2D eigenvalue weighted by molar-refractivity contribution is 6.15. The van der Waals surface area contributed by atoms with Crippen LogP contribution in [0.4, 0.5) is 0 Å². The molecule has 4 nitrogen and oxygen atoms in total. The van der Waals surface area contributed by atoms with Gasteiger partial charge in [-0.1, -0.05) is 24.3 Å². The first-order valence-electron chi connectivity index (χ1n) is 9.77. The summed E-state index contributed by atoms with van der Waals surface area (Å²) < 4.78 is 11.2. The molecule has 1 aromatic heterocycles. The number of nitrogens with zero attached hydrogens (tertiary/aromatic N) is 2. The van der Waals surface area contributed by atoms with Crippen LogP contribution in [0, 0.1) is 0 Å². The smallest absolute Gasteiger partial charge is 0.126 e. The van der Waals surface area contributed by atoms with E-state index in [0.717, 1.165) is 58.9 Å². The molecule has 29 heavy (non-hydrogen) atoms. The summed E-state index contributed by atoms with van der Waals surface area (Å²) in [5.74, 6) is 1.65. The van der Waals surface area contributed by atoms with E-state index in [9.17, 15) is 0 Å². The van der Waals surface area contributed by atoms with Crippen LogP contribution in [0.1, 0.15) is 24.0 Å². The predicted octanol–water partition coefficient (Wildman–Crippen LogP) is 5.43. The van der Waals surface area contributed by atoms with E-state index in [1.807, 2.05) is 36.5 Å². The summed E-state index contributed by atoms with van der Waals surface area (Å²) >= 11 is 0. The molecule has 1 aliphatic heterocycles. The highest BCUT2D eigenvalue weighted by Gasteiger charge is 2.16. The molecule has 0 spiro atoms. The zero-order valence-corrected chi connectivity index (χ0v) is 16.8. The predicted molar refractivity (Wildman–Crippen MR) is 118 cm³/mol. The third-order valence-electron chi connectivity index (χ3n) is 5.07. The van der Waals surface area contributed by atoms with Gasteiger partial charge in [-0.15, -0.1) is 0 Å². The van der Waals surface area contributed by atoms with Gasteiger partial charge in [0.2, 0.25) is 0 Å². The van der Waals surface area contributed by atoms with E-state index in [1.54, 1.807) is 20.4 Å². The van der Waals surface area contributed by atoms with E-state index in [-0.39, 0.29) is 0 Å². The standard InChI is InChI=1S/C25H24N2O2/c1-28-23-10-4-3-9-21(23)22-16-18(11-12-24(22)29-2)15-19-7-6-14-27-25(19)20-8-5-13-26-17-20/h3-5,8-13,15-17H,6-7,14H2,1-2H3/b19-15-. The fourth-order valence-corrected chi connectivity index (χ4v) is 3.69. The van der Waals surface area contributed by atoms with Crippen molar-refractivity contribution in [2.75, 3.05) is 20.8 Å². The van der Waals surface area contributed by atoms with Crippen LogP contribution >= 0.6 is 0 Å². The molecule has 146 valence electrons. The molecule has 0 unspecified atom stereocenters. The molecule has 0 N–H and O–H groups in total. The largest absolute Gasteiger partial charge is 0.496 e. The maximum atomic E-state index is 5.63. The summed E-state index contributed by atoms with van der Waals surface area (Å²) in [6.07, 6.45) is 7.96. The molecule has 4 rings (SSSR count). The summed E-state index contributed by atoms with van der Waals surface area (Å²) in [6.45, 7) is 0.858. The van der Waals surface area contributed by atoms with Crippen molar-refractivity contribution in [1.29, 1.82) is 0 Å². The van der Waals surface area contributed by atoms with Crippen molar-refractivity contribution in [2.24, 2.45) is 4.99 Å². The van der Waals surface area contributed by atoms with Gasteiger partial charge in [-0.3, -0.25) is 9.98 Å². The number of aliphatic imine (C=N–C) groups is 1. The van der Waals surface area contributed by atoms with Gasteiger partial charge in [0.15, 0.2) is 0 Å². The van der Waals surface area contributed by atoms with Gasteiger partial charge in [0.1, 0.15) is 11.5 Å². The van der Waals surface area contributed by atoms with Gasteiger partial charge in [-0.25, -0.2) is 0 Å². The van der Waals surface area contributed by atoms with Crippen LogP contribution in [0.25, 0.3) is 17.2 Å². The van der Waals surface area contributed by atoms with Crippen LogP contribution in [-0.4, -0.2) is 31.5 Å². The minimum Gasteiger partial charge on any atom is -0.496 e. The highest BCUT2D eigenvalue weighted by atomic mass is 16.5. The number of benzene rings is 2. The number of allylic oxidation sites excluding steroid dienone is 1. The van der Waals surface area contributed by atoms with Crippen molar-refractivity contribution in [3.63, 3.8) is 0 Å². The molecule has 0 fully saturated rings. The molecule has 1 aliphatic rings. The number of hydrogen-bond donors (Lipinski definition) is 0. The van der Waals surface area contributed by atoms with Gasteiger partial charge in [-0.2, -0.15) is 0 Å². The number of ether oxygens (including phenoxy) is 2. The molecule has 0 saturated carbocycles. The van der Waals surface area contributed by atoms with Crippen molar-refractivity contribution < 1.29 is 9.47 Å². The van der Waals surface area contributed by atoms with Gasteiger partial charge in [0, 0.05) is 35.6 Å². The molecule has 0 amide bonds. The average Bonchev–Trinajstić information content (AvgIpc) is 2.80. The van der Waals surface area contributed by atoms with E-state index in [0.29, 0.717) is 0 Å². The van der Waals surface area contributed by atoms with Crippen LogP contribution < -0.4 is 9.47 Å². The lowest BCUT2D eigenvalue weighted by atomic mass is 9.93. The van der Waals surface area contributed by atoms with Gasteiger partial charge in [0.05, 0.1) is 19.9 Å². The third kappa shape index (κ3) is 4.06. The molecule has 2 aromatic carbocycles. The van der Waals surface area contributed by atoms with E-state index >= 15 is 0 Å². The average molecular weight is 384 g/mol. The maximum absolute atomic E-state index is 5.63. The van der Waals surface area contributed by atoms with Crippen LogP contribution in [0.2, 0.25) is 0 Å². The second-order valence-electron chi connectivity index (χ2n) is 6.91. The minimum atomic E-state index is 0.821. The maximum Gasteiger partial charge on any atom is 0.126 e. The summed E-state index contributed by atoms with van der Waals surface area (Å²) in [7, 11) is 3.39. The summed E-state index contributed by atoms with van der Waals surface area (Å²) in [5, 5.41) is 0. The second-order valence-corrected chi connectivity index (χ2v) is 6.91. The Balaban J connectivity index is 1.78. The number of para-hydroxylation sites is 1. The van der Waals surface area contributed by atoms with Crippen molar-refractivity contribution >= 4 is 11.8 Å². The third-order valence-corrected chi connectivity index (χ3v) is 5.07. The lowest BCUT2D eigenvalue weighted by Gasteiger charge is -2.17. The van der Waals surface area contributed by atoms with Crippen LogP contribution in [0.3, 0.4) is 0 Å². The quantitative estimate of drug-likeness (QED) is 0.589. The van der Waals surface area contributed by atoms with Crippen LogP contribution in [0.15, 0.2) is 77.6 Å². The minimum absolute atomic E-state index is 0.821. The Labute approximate surface area is 171 Å². The summed E-state index contributed by atoms with van der Waals surface area (Å²) in [6, 6.07) is 18.3. The Kier molecular flexibility index (Phi) is 5.71. The molecule has 3 aromatic rings. The van der Waals surface area contributed by atoms with Gasteiger partial charge >= 0.3 is 0 Å². The fourth-order valence-electron chi connectivity index (χ4n) is 3.69. The Morgan fingerprint density at radius 3 is 2.52 bits per heavy atom. The van der Waals surface area contributed by atoms with Gasteiger partial charge in [0.25, 0.3) is 0 Å². The highest BCUT2D eigenvalue weighted by Crippen LogP contribution is 2.37. The fraction of sp³-hybridized carbons (Fsp3) is 0.200. The summed E-state index contributed by atoms with van der Waals surface area (Å²) in [5.41, 5.74) is 6.48. The lowest BCUT2D eigenvalue weighted by molar-refractivity contribution is 0.410. The molecule has 4 heteroatoms. The van der Waals surface area contributed by atoms with Gasteiger partial charge < -0.3 is 9.47 Å². The van der Waals surface area contributed by atoms with E-state index < -0.39 is 0 Å². The lowest BCUT2D eigenvalue weighted by Crippen LogP contribution is -2.11. The Morgan fingerprint density at radius 2 is 1.72 bits per heavy atom. The number of hydrogen-bond acceptors (Lipinski definition) is 4. The zero-order valence-electron chi connectivity index (χ0n) is 16.8. The number of methoxy groups -OCH3 is 2. The van der Waals surface area contributed by atoms with Crippen molar-refractivity contribution in [3.05, 3.63) is 83.7 Å². The second kappa shape index (κ2) is 8.74. The Morgan fingerprint density at radius 1 is 0.897 bits per heavy atom. The SMILES string of the molecule is COc1ccccc1-c1cc(/C=C2/CCCN=C2c2cccnc2)ccc1OC. The van der Waals surface area contributed by atoms with Crippen molar-refractivity contribution in [3.8, 4) is 22.6 Å². The molecule has 0 saturated heterocycles. The normalized spacial score (nSPS) is 15.1. The zero-order chi connectivity index (χ0) is 20.1. The molecule has 0 radical (unpaired) electrons. The van der Waals surface area contributed by atoms with Gasteiger partial charge in [-0.05, 0) is 60.4 Å². The monoisotopic (exact) mass is 384 g/mol. The molecule has 0 bridgehead atoms. The Hall–Kier alpha value is -3.40. The van der Waals surface area contributed by atoms with Crippen molar-refractivity contribution in [1.82, 2.24) is 4.98 Å². The van der Waals surface area contributed by atoms with Crippen molar-refractivity contribution in [2.45, 2.75) is 12.8 Å². The number of pyridine rings is 1. The molecular weight excluding hydrogens is 360 g/mol. The first-order valence-corrected chi connectivity index (χ1v) is 9.77. The van der Waals surface area contributed by atoms with E-state index in [1.165, 1.54) is 5.57 Å². The number of aromatic nitrogens is 1. The topological polar surface area (TPSA) is 43.7 Å². The van der Waals surface area contributed by atoms with E-state index in [2.05, 4.69) is 35.3 Å². The molecule has 0 atom stereocenters. The van der Waals surface area contributed by atoms with E-state index in [4.69, 9.17) is 14.5 Å². The number of rotatable bonds is 5. The summed E-state index contributed by atoms with van der Waals surface area (Å²) in [4.78, 5) is 9.04. The molecular formula is C25H24N2O2. The Bertz CT molecular complexity index is 1060. The first-order chi connectivity index (χ1) is 14.3. The van der Waals surface area contributed by atoms with Crippen LogP contribution in [-0.2, 0) is 0 Å².